The molecule has 0 radical (unpaired) electrons. The van der Waals surface area contributed by atoms with E-state index in [1.807, 2.05) is 48.5 Å². The van der Waals surface area contributed by atoms with Gasteiger partial charge in [-0.05, 0) is 29.8 Å². The SMILES string of the molecule is NC(=NO)c1cccc(CSc2cccc(Cl)c2)c1. The zero-order valence-electron chi connectivity index (χ0n) is 10.1. The van der Waals surface area contributed by atoms with Crippen molar-refractivity contribution in [3.8, 4) is 0 Å². The predicted octanol–water partition coefficient (Wildman–Crippen LogP) is 3.73. The molecule has 0 saturated carbocycles. The third kappa shape index (κ3) is 3.91. The van der Waals surface area contributed by atoms with E-state index in [-0.39, 0.29) is 5.84 Å². The van der Waals surface area contributed by atoms with E-state index < -0.39 is 0 Å². The van der Waals surface area contributed by atoms with Crippen LogP contribution in [0.15, 0.2) is 58.6 Å². The molecule has 19 heavy (non-hydrogen) atoms. The number of nitrogens with two attached hydrogens (primary N) is 1. The minimum atomic E-state index is 0.120. The molecular weight excluding hydrogens is 280 g/mol. The lowest BCUT2D eigenvalue weighted by Gasteiger charge is -2.05. The van der Waals surface area contributed by atoms with Gasteiger partial charge in [-0.15, -0.1) is 11.8 Å². The van der Waals surface area contributed by atoms with Gasteiger partial charge in [0.1, 0.15) is 0 Å². The maximum Gasteiger partial charge on any atom is 0.170 e. The molecule has 0 unspecified atom stereocenters. The molecule has 0 aliphatic heterocycles. The van der Waals surface area contributed by atoms with Crippen LogP contribution in [0.1, 0.15) is 11.1 Å². The Morgan fingerprint density at radius 1 is 1.21 bits per heavy atom. The Hall–Kier alpha value is -1.65. The Balaban J connectivity index is 2.08. The van der Waals surface area contributed by atoms with E-state index in [0.717, 1.165) is 21.2 Å². The van der Waals surface area contributed by atoms with Crippen LogP contribution in [0.25, 0.3) is 0 Å². The molecule has 2 rings (SSSR count). The molecule has 0 fully saturated rings. The number of oxime groups is 1. The van der Waals surface area contributed by atoms with Crippen LogP contribution in [0.4, 0.5) is 0 Å². The summed E-state index contributed by atoms with van der Waals surface area (Å²) in [5.74, 6) is 0.919. The van der Waals surface area contributed by atoms with Gasteiger partial charge < -0.3 is 10.9 Å². The maximum absolute atomic E-state index is 8.66. The molecule has 0 atom stereocenters. The Bertz CT molecular complexity index is 602. The van der Waals surface area contributed by atoms with Crippen molar-refractivity contribution in [1.29, 1.82) is 0 Å². The number of hydrogen-bond donors (Lipinski definition) is 2. The standard InChI is InChI=1S/C14H13ClN2OS/c15-12-5-2-6-13(8-12)19-9-10-3-1-4-11(7-10)14(16)17-18/h1-8,18H,9H2,(H2,16,17). The maximum atomic E-state index is 8.66. The van der Waals surface area contributed by atoms with Gasteiger partial charge in [0, 0.05) is 21.2 Å². The summed E-state index contributed by atoms with van der Waals surface area (Å²) in [6, 6.07) is 15.3. The smallest absolute Gasteiger partial charge is 0.170 e. The minimum absolute atomic E-state index is 0.120. The molecule has 0 spiro atoms. The van der Waals surface area contributed by atoms with Gasteiger partial charge in [-0.25, -0.2) is 0 Å². The van der Waals surface area contributed by atoms with Crippen LogP contribution in [0, 0.1) is 0 Å². The van der Waals surface area contributed by atoms with E-state index in [2.05, 4.69) is 5.16 Å². The molecule has 0 heterocycles. The van der Waals surface area contributed by atoms with Crippen molar-refractivity contribution in [2.45, 2.75) is 10.6 Å². The fraction of sp³-hybridized carbons (Fsp3) is 0.0714. The van der Waals surface area contributed by atoms with Crippen LogP contribution < -0.4 is 5.73 Å². The van der Waals surface area contributed by atoms with E-state index in [1.165, 1.54) is 0 Å². The first-order chi connectivity index (χ1) is 9.19. The Labute approximate surface area is 121 Å². The molecular formula is C14H13ClN2OS. The van der Waals surface area contributed by atoms with Crippen molar-refractivity contribution in [2.24, 2.45) is 10.9 Å². The predicted molar refractivity (Wildman–Crippen MR) is 80.0 cm³/mol. The number of thioether (sulfide) groups is 1. The molecule has 0 aliphatic carbocycles. The average molecular weight is 293 g/mol. The van der Waals surface area contributed by atoms with Crippen molar-refractivity contribution >= 4 is 29.2 Å². The molecule has 2 aromatic carbocycles. The van der Waals surface area contributed by atoms with Crippen LogP contribution >= 0.6 is 23.4 Å². The first-order valence-electron chi connectivity index (χ1n) is 5.64. The summed E-state index contributed by atoms with van der Waals surface area (Å²) >= 11 is 7.63. The molecule has 0 saturated heterocycles. The Kier molecular flexibility index (Phi) is 4.71. The van der Waals surface area contributed by atoms with Gasteiger partial charge >= 0.3 is 0 Å². The highest BCUT2D eigenvalue weighted by molar-refractivity contribution is 7.98. The highest BCUT2D eigenvalue weighted by Crippen LogP contribution is 2.25. The van der Waals surface area contributed by atoms with E-state index in [4.69, 9.17) is 22.5 Å². The fourth-order valence-corrected chi connectivity index (χ4v) is 2.75. The summed E-state index contributed by atoms with van der Waals surface area (Å²) in [6.45, 7) is 0. The zero-order valence-corrected chi connectivity index (χ0v) is 11.7. The van der Waals surface area contributed by atoms with Gasteiger partial charge in [-0.2, -0.15) is 0 Å². The van der Waals surface area contributed by atoms with Gasteiger partial charge in [0.15, 0.2) is 5.84 Å². The second kappa shape index (κ2) is 6.50. The van der Waals surface area contributed by atoms with E-state index >= 15 is 0 Å². The molecule has 3 N–H and O–H groups in total. The summed E-state index contributed by atoms with van der Waals surface area (Å²) in [5.41, 5.74) is 7.39. The van der Waals surface area contributed by atoms with Crippen molar-refractivity contribution in [3.63, 3.8) is 0 Å². The summed E-state index contributed by atoms with van der Waals surface area (Å²) in [4.78, 5) is 1.11. The largest absolute Gasteiger partial charge is 0.409 e. The molecule has 98 valence electrons. The summed E-state index contributed by atoms with van der Waals surface area (Å²) in [7, 11) is 0. The van der Waals surface area contributed by atoms with Crippen LogP contribution in [0.3, 0.4) is 0 Å². The lowest BCUT2D eigenvalue weighted by molar-refractivity contribution is 0.318. The highest BCUT2D eigenvalue weighted by Gasteiger charge is 2.02. The van der Waals surface area contributed by atoms with Crippen LogP contribution in [-0.2, 0) is 5.75 Å². The molecule has 5 heteroatoms. The number of hydrogen-bond acceptors (Lipinski definition) is 3. The first kappa shape index (κ1) is 13.8. The third-order valence-electron chi connectivity index (χ3n) is 2.53. The van der Waals surface area contributed by atoms with Gasteiger partial charge in [0.05, 0.1) is 0 Å². The molecule has 2 aromatic rings. The molecule has 3 nitrogen and oxygen atoms in total. The Morgan fingerprint density at radius 2 is 2.00 bits per heavy atom. The van der Waals surface area contributed by atoms with Crippen molar-refractivity contribution in [3.05, 3.63) is 64.7 Å². The van der Waals surface area contributed by atoms with Crippen molar-refractivity contribution in [2.75, 3.05) is 0 Å². The van der Waals surface area contributed by atoms with Gasteiger partial charge in [0.25, 0.3) is 0 Å². The monoisotopic (exact) mass is 292 g/mol. The van der Waals surface area contributed by atoms with E-state index in [1.54, 1.807) is 11.8 Å². The van der Waals surface area contributed by atoms with Gasteiger partial charge in [0.2, 0.25) is 0 Å². The lowest BCUT2D eigenvalue weighted by Crippen LogP contribution is -2.13. The Morgan fingerprint density at radius 3 is 2.74 bits per heavy atom. The summed E-state index contributed by atoms with van der Waals surface area (Å²) < 4.78 is 0. The average Bonchev–Trinajstić information content (AvgIpc) is 2.45. The number of rotatable bonds is 4. The molecule has 0 amide bonds. The topological polar surface area (TPSA) is 58.6 Å². The second-order valence-electron chi connectivity index (χ2n) is 3.93. The number of amidine groups is 1. The van der Waals surface area contributed by atoms with E-state index in [9.17, 15) is 0 Å². The number of nitrogens with zero attached hydrogens (tertiary/aromatic N) is 1. The highest BCUT2D eigenvalue weighted by atomic mass is 35.5. The normalized spacial score (nSPS) is 11.5. The minimum Gasteiger partial charge on any atom is -0.409 e. The van der Waals surface area contributed by atoms with Crippen molar-refractivity contribution in [1.82, 2.24) is 0 Å². The molecule has 0 aliphatic rings. The quantitative estimate of drug-likeness (QED) is 0.297. The number of benzene rings is 2. The number of halogens is 1. The van der Waals surface area contributed by atoms with Crippen molar-refractivity contribution < 1.29 is 5.21 Å². The first-order valence-corrected chi connectivity index (χ1v) is 7.00. The third-order valence-corrected chi connectivity index (χ3v) is 3.83. The second-order valence-corrected chi connectivity index (χ2v) is 5.42. The van der Waals surface area contributed by atoms with Crippen LogP contribution in [0.2, 0.25) is 5.02 Å². The van der Waals surface area contributed by atoms with Crippen LogP contribution in [0.5, 0.6) is 0 Å². The molecule has 0 aromatic heterocycles. The zero-order chi connectivity index (χ0) is 13.7. The summed E-state index contributed by atoms with van der Waals surface area (Å²) in [5, 5.41) is 12.4. The fourth-order valence-electron chi connectivity index (χ4n) is 1.60. The van der Waals surface area contributed by atoms with Gasteiger partial charge in [-0.1, -0.05) is 41.0 Å². The van der Waals surface area contributed by atoms with Crippen LogP contribution in [-0.4, -0.2) is 11.0 Å². The van der Waals surface area contributed by atoms with Gasteiger partial charge in [-0.3, -0.25) is 0 Å². The summed E-state index contributed by atoms with van der Waals surface area (Å²) in [6.07, 6.45) is 0. The lowest BCUT2D eigenvalue weighted by atomic mass is 10.1. The molecule has 0 bridgehead atoms. The van der Waals surface area contributed by atoms with E-state index in [0.29, 0.717) is 5.56 Å².